The summed E-state index contributed by atoms with van der Waals surface area (Å²) >= 11 is 0. The number of nitrogens with one attached hydrogen (secondary N) is 2. The quantitative estimate of drug-likeness (QED) is 0.246. The zero-order chi connectivity index (χ0) is 25.8. The summed E-state index contributed by atoms with van der Waals surface area (Å²) in [5, 5.41) is 10.3. The molecule has 0 saturated carbocycles. The summed E-state index contributed by atoms with van der Waals surface area (Å²) in [5.74, 6) is -1.19. The van der Waals surface area contributed by atoms with E-state index in [1.807, 2.05) is 19.1 Å². The number of aryl methyl sites for hydroxylation is 1. The number of benzene rings is 4. The Morgan fingerprint density at radius 2 is 1.57 bits per heavy atom. The van der Waals surface area contributed by atoms with Crippen molar-refractivity contribution >= 4 is 11.7 Å². The third kappa shape index (κ3) is 3.88. The first kappa shape index (κ1) is 23.1. The zero-order valence-corrected chi connectivity index (χ0v) is 19.9. The minimum atomic E-state index is -0.550. The van der Waals surface area contributed by atoms with Crippen LogP contribution in [0.15, 0.2) is 72.8 Å². The lowest BCUT2D eigenvalue weighted by molar-refractivity contribution is 0.0844. The van der Waals surface area contributed by atoms with Gasteiger partial charge in [-0.2, -0.15) is 0 Å². The van der Waals surface area contributed by atoms with Crippen molar-refractivity contribution < 1.29 is 18.3 Å². The van der Waals surface area contributed by atoms with Crippen molar-refractivity contribution in [2.45, 2.75) is 25.7 Å². The standard InChI is InChI=1S/C30H23F2N3O2/c1-15-10-19(17-6-8-21(31)9-7-17)11-22-25(15)27-23-12-20(13-24(32)26(23)28(22)37-27)30(36)35-14-16-2-4-18(5-3-16)29(33)34/h2-13,27-28H,14H2,1H3,(H3,33,34)(H,35,36). The van der Waals surface area contributed by atoms with Crippen LogP contribution in [-0.4, -0.2) is 11.7 Å². The molecule has 5 nitrogen and oxygen atoms in total. The highest BCUT2D eigenvalue weighted by Gasteiger charge is 2.46. The van der Waals surface area contributed by atoms with Gasteiger partial charge in [-0.15, -0.1) is 0 Å². The van der Waals surface area contributed by atoms with E-state index < -0.39 is 18.0 Å². The molecule has 7 heteroatoms. The maximum absolute atomic E-state index is 15.4. The molecule has 184 valence electrons. The largest absolute Gasteiger partial charge is 0.384 e. The molecule has 0 aromatic heterocycles. The molecule has 37 heavy (non-hydrogen) atoms. The Hall–Kier alpha value is -4.36. The summed E-state index contributed by atoms with van der Waals surface area (Å²) in [7, 11) is 0. The molecule has 4 aromatic rings. The van der Waals surface area contributed by atoms with E-state index in [4.69, 9.17) is 15.9 Å². The Kier molecular flexibility index (Phi) is 5.38. The highest BCUT2D eigenvalue weighted by molar-refractivity contribution is 5.95. The molecular formula is C30H23F2N3O2. The number of halogens is 2. The van der Waals surface area contributed by atoms with Crippen LogP contribution >= 0.6 is 0 Å². The van der Waals surface area contributed by atoms with Crippen molar-refractivity contribution in [3.8, 4) is 11.1 Å². The van der Waals surface area contributed by atoms with Gasteiger partial charge in [-0.1, -0.05) is 42.5 Å². The fourth-order valence-corrected chi connectivity index (χ4v) is 5.29. The second-order valence-corrected chi connectivity index (χ2v) is 9.45. The zero-order valence-electron chi connectivity index (χ0n) is 19.9. The molecule has 2 aliphatic heterocycles. The summed E-state index contributed by atoms with van der Waals surface area (Å²) in [5.41, 5.74) is 13.0. The number of amidine groups is 1. The minimum Gasteiger partial charge on any atom is -0.384 e. The number of nitrogen functional groups attached to an aromatic ring is 1. The first-order chi connectivity index (χ1) is 17.8. The summed E-state index contributed by atoms with van der Waals surface area (Å²) in [4.78, 5) is 12.9. The smallest absolute Gasteiger partial charge is 0.251 e. The van der Waals surface area contributed by atoms with E-state index in [1.165, 1.54) is 18.2 Å². The molecule has 6 rings (SSSR count). The van der Waals surface area contributed by atoms with Crippen molar-refractivity contribution in [1.82, 2.24) is 5.32 Å². The van der Waals surface area contributed by atoms with Crippen LogP contribution in [0.5, 0.6) is 0 Å². The van der Waals surface area contributed by atoms with E-state index in [0.717, 1.165) is 33.4 Å². The van der Waals surface area contributed by atoms with Gasteiger partial charge in [0.25, 0.3) is 5.91 Å². The first-order valence-electron chi connectivity index (χ1n) is 11.9. The molecule has 2 atom stereocenters. The number of hydrogen-bond acceptors (Lipinski definition) is 3. The molecule has 0 radical (unpaired) electrons. The number of ether oxygens (including phenoxy) is 1. The van der Waals surface area contributed by atoms with Crippen molar-refractivity contribution in [3.05, 3.63) is 129 Å². The first-order valence-corrected chi connectivity index (χ1v) is 11.9. The summed E-state index contributed by atoms with van der Waals surface area (Å²) in [6.45, 7) is 2.24. The predicted molar refractivity (Wildman–Crippen MR) is 136 cm³/mol. The van der Waals surface area contributed by atoms with Gasteiger partial charge in [-0.25, -0.2) is 8.78 Å². The average Bonchev–Trinajstić information content (AvgIpc) is 3.45. The lowest BCUT2D eigenvalue weighted by atomic mass is 9.81. The van der Waals surface area contributed by atoms with Crippen molar-refractivity contribution in [3.63, 3.8) is 0 Å². The number of carbonyl (C=O) groups excluding carboxylic acids is 1. The SMILES string of the molecule is Cc1cc(-c2ccc(F)cc2)cc2c1C1OC2c2c(F)cc(C(=O)NCc3ccc(C(=N)N)cc3)cc21. The predicted octanol–water partition coefficient (Wildman–Crippen LogP) is 5.68. The molecule has 4 aromatic carbocycles. The fraction of sp³-hybridized carbons (Fsp3) is 0.133. The van der Waals surface area contributed by atoms with Gasteiger partial charge in [0.1, 0.15) is 29.7 Å². The molecule has 2 heterocycles. The second-order valence-electron chi connectivity index (χ2n) is 9.45. The van der Waals surface area contributed by atoms with E-state index >= 15 is 4.39 Å². The Morgan fingerprint density at radius 3 is 2.27 bits per heavy atom. The number of carbonyl (C=O) groups is 1. The topological polar surface area (TPSA) is 88.2 Å². The van der Waals surface area contributed by atoms with Gasteiger partial charge >= 0.3 is 0 Å². The van der Waals surface area contributed by atoms with E-state index in [2.05, 4.69) is 5.32 Å². The molecule has 1 amide bonds. The number of fused-ring (bicyclic) bond motifs is 8. The molecule has 4 N–H and O–H groups in total. The van der Waals surface area contributed by atoms with Crippen LogP contribution in [0.3, 0.4) is 0 Å². The van der Waals surface area contributed by atoms with Crippen LogP contribution in [0.4, 0.5) is 8.78 Å². The van der Waals surface area contributed by atoms with E-state index in [1.54, 1.807) is 42.5 Å². The van der Waals surface area contributed by atoms with Crippen molar-refractivity contribution in [2.24, 2.45) is 5.73 Å². The summed E-state index contributed by atoms with van der Waals surface area (Å²) < 4.78 is 35.0. The Labute approximate surface area is 212 Å². The number of rotatable bonds is 5. The van der Waals surface area contributed by atoms with Crippen molar-refractivity contribution in [2.75, 3.05) is 0 Å². The number of hydrogen-bond donors (Lipinski definition) is 3. The molecule has 2 unspecified atom stereocenters. The second kappa shape index (κ2) is 8.64. The third-order valence-electron chi connectivity index (χ3n) is 7.10. The Balaban J connectivity index is 1.27. The number of amides is 1. The van der Waals surface area contributed by atoms with E-state index in [0.29, 0.717) is 16.7 Å². The maximum Gasteiger partial charge on any atom is 0.251 e. The van der Waals surface area contributed by atoms with Gasteiger partial charge in [-0.3, -0.25) is 10.2 Å². The van der Waals surface area contributed by atoms with E-state index in [-0.39, 0.29) is 29.7 Å². The number of nitrogens with two attached hydrogens (primary N) is 1. The lowest BCUT2D eigenvalue weighted by Crippen LogP contribution is -2.23. The minimum absolute atomic E-state index is 0.0239. The van der Waals surface area contributed by atoms with Crippen LogP contribution in [0.2, 0.25) is 0 Å². The lowest BCUT2D eigenvalue weighted by Gasteiger charge is -2.20. The maximum atomic E-state index is 15.4. The molecule has 0 fully saturated rings. The fourth-order valence-electron chi connectivity index (χ4n) is 5.29. The molecule has 0 saturated heterocycles. The third-order valence-corrected chi connectivity index (χ3v) is 7.10. The van der Waals surface area contributed by atoms with Crippen molar-refractivity contribution in [1.29, 1.82) is 5.41 Å². The van der Waals surface area contributed by atoms with Crippen LogP contribution < -0.4 is 11.1 Å². The Bertz CT molecular complexity index is 1580. The van der Waals surface area contributed by atoms with Gasteiger partial charge in [0, 0.05) is 23.2 Å². The van der Waals surface area contributed by atoms with Crippen LogP contribution in [0.1, 0.15) is 61.5 Å². The summed E-state index contributed by atoms with van der Waals surface area (Å²) in [6.07, 6.45) is -0.996. The monoisotopic (exact) mass is 495 g/mol. The molecule has 0 spiro atoms. The molecule has 2 aliphatic rings. The molecule has 2 bridgehead atoms. The van der Waals surface area contributed by atoms with Crippen LogP contribution in [-0.2, 0) is 11.3 Å². The Morgan fingerprint density at radius 1 is 0.892 bits per heavy atom. The van der Waals surface area contributed by atoms with Gasteiger partial charge in [-0.05, 0) is 76.2 Å². The van der Waals surface area contributed by atoms with E-state index in [9.17, 15) is 9.18 Å². The van der Waals surface area contributed by atoms with Crippen LogP contribution in [0, 0.1) is 24.0 Å². The highest BCUT2D eigenvalue weighted by atomic mass is 19.1. The van der Waals surface area contributed by atoms with Gasteiger partial charge < -0.3 is 15.8 Å². The molecular weight excluding hydrogens is 472 g/mol. The highest BCUT2D eigenvalue weighted by Crippen LogP contribution is 2.56. The molecule has 0 aliphatic carbocycles. The normalized spacial score (nSPS) is 16.8. The van der Waals surface area contributed by atoms with Crippen LogP contribution in [0.25, 0.3) is 11.1 Å². The van der Waals surface area contributed by atoms with Gasteiger partial charge in [0.2, 0.25) is 0 Å². The average molecular weight is 496 g/mol. The summed E-state index contributed by atoms with van der Waals surface area (Å²) in [6, 6.07) is 20.3. The van der Waals surface area contributed by atoms with Gasteiger partial charge in [0.05, 0.1) is 0 Å². The van der Waals surface area contributed by atoms with Gasteiger partial charge in [0.15, 0.2) is 0 Å².